The molecule has 0 aliphatic rings. The van der Waals surface area contributed by atoms with E-state index in [9.17, 15) is 18.8 Å². The summed E-state index contributed by atoms with van der Waals surface area (Å²) in [5.74, 6) is -0.412. The van der Waals surface area contributed by atoms with Gasteiger partial charge in [0.1, 0.15) is 6.61 Å². The minimum atomic E-state index is -0.649. The van der Waals surface area contributed by atoms with Crippen LogP contribution in [0.5, 0.6) is 5.75 Å². The number of hydrogen-bond donors (Lipinski definition) is 2. The molecule has 0 aliphatic carbocycles. The molecule has 0 amide bonds. The lowest BCUT2D eigenvalue weighted by atomic mass is 10.0. The average Bonchev–Trinajstić information content (AvgIpc) is 2.89. The minimum absolute atomic E-state index is 0.00453. The lowest BCUT2D eigenvalue weighted by molar-refractivity contribution is 0.290. The van der Waals surface area contributed by atoms with Crippen LogP contribution in [0.1, 0.15) is 5.56 Å². The van der Waals surface area contributed by atoms with Crippen molar-refractivity contribution in [3.8, 4) is 33.7 Å². The number of aromatic nitrogens is 4. The third-order valence-corrected chi connectivity index (χ3v) is 5.79. The molecule has 0 saturated heterocycles. The standard InChI is InChI=1S/C27H18ClFN4O4/c28-19-9-16(15-37-24-6-2-1-5-23(24)29)8-17(10-19)21-11-18(22-13-31-27(36)32-25(22)34)14-33(26(21)35)20-4-3-7-30-12-20/h1-14H,15H2,(H2,31,32,34,36). The molecule has 0 radical (unpaired) electrons. The van der Waals surface area contributed by atoms with Crippen LogP contribution in [0.2, 0.25) is 5.02 Å². The fourth-order valence-electron chi connectivity index (χ4n) is 3.86. The molecule has 0 fully saturated rings. The van der Waals surface area contributed by atoms with Crippen LogP contribution in [0.4, 0.5) is 4.39 Å². The summed E-state index contributed by atoms with van der Waals surface area (Å²) in [6.45, 7) is 0.00453. The molecule has 0 unspecified atom stereocenters. The van der Waals surface area contributed by atoms with Gasteiger partial charge in [0.15, 0.2) is 11.6 Å². The van der Waals surface area contributed by atoms with E-state index in [-0.39, 0.29) is 29.0 Å². The number of aromatic amines is 2. The zero-order valence-corrected chi connectivity index (χ0v) is 19.8. The van der Waals surface area contributed by atoms with E-state index in [1.165, 1.54) is 35.3 Å². The van der Waals surface area contributed by atoms with Crippen molar-refractivity contribution in [1.29, 1.82) is 0 Å². The van der Waals surface area contributed by atoms with E-state index < -0.39 is 17.1 Å². The van der Waals surface area contributed by atoms with E-state index >= 15 is 0 Å². The molecule has 5 rings (SSSR count). The summed E-state index contributed by atoms with van der Waals surface area (Å²) in [4.78, 5) is 46.4. The second-order valence-electron chi connectivity index (χ2n) is 8.08. The highest BCUT2D eigenvalue weighted by Crippen LogP contribution is 2.27. The molecule has 10 heteroatoms. The zero-order chi connectivity index (χ0) is 25.9. The second kappa shape index (κ2) is 10.1. The Morgan fingerprint density at radius 2 is 1.81 bits per heavy atom. The van der Waals surface area contributed by atoms with E-state index in [4.69, 9.17) is 16.3 Å². The summed E-state index contributed by atoms with van der Waals surface area (Å²) in [6, 6.07) is 15.9. The van der Waals surface area contributed by atoms with Crippen molar-refractivity contribution < 1.29 is 9.13 Å². The van der Waals surface area contributed by atoms with Crippen LogP contribution in [0.3, 0.4) is 0 Å². The summed E-state index contributed by atoms with van der Waals surface area (Å²) in [5.41, 5.74) is 0.656. The first kappa shape index (κ1) is 24.0. The highest BCUT2D eigenvalue weighted by molar-refractivity contribution is 6.31. The number of H-pyrrole nitrogens is 2. The average molecular weight is 517 g/mol. The summed E-state index contributed by atoms with van der Waals surface area (Å²) in [5, 5.41) is 0.337. The van der Waals surface area contributed by atoms with Crippen LogP contribution in [-0.4, -0.2) is 19.5 Å². The molecular formula is C27H18ClFN4O4. The second-order valence-corrected chi connectivity index (χ2v) is 8.52. The highest BCUT2D eigenvalue weighted by Gasteiger charge is 2.15. The van der Waals surface area contributed by atoms with E-state index in [2.05, 4.69) is 15.0 Å². The molecule has 0 saturated carbocycles. The number of ether oxygens (including phenoxy) is 1. The Kier molecular flexibility index (Phi) is 6.53. The minimum Gasteiger partial charge on any atom is -0.486 e. The highest BCUT2D eigenvalue weighted by atomic mass is 35.5. The van der Waals surface area contributed by atoms with Crippen molar-refractivity contribution in [3.05, 3.63) is 133 Å². The molecule has 184 valence electrons. The largest absolute Gasteiger partial charge is 0.486 e. The third-order valence-electron chi connectivity index (χ3n) is 5.57. The van der Waals surface area contributed by atoms with Crippen LogP contribution in [0.15, 0.2) is 99.8 Å². The maximum Gasteiger partial charge on any atom is 0.325 e. The molecule has 3 heterocycles. The Bertz CT molecular complexity index is 1780. The first-order valence-electron chi connectivity index (χ1n) is 11.1. The number of para-hydroxylation sites is 1. The van der Waals surface area contributed by atoms with Gasteiger partial charge in [-0.1, -0.05) is 23.7 Å². The van der Waals surface area contributed by atoms with Crippen molar-refractivity contribution in [2.45, 2.75) is 6.61 Å². The molecule has 5 aromatic rings. The van der Waals surface area contributed by atoms with Crippen LogP contribution in [0, 0.1) is 5.82 Å². The van der Waals surface area contributed by atoms with E-state index in [1.54, 1.807) is 54.7 Å². The Morgan fingerprint density at radius 1 is 0.973 bits per heavy atom. The van der Waals surface area contributed by atoms with Gasteiger partial charge in [-0.05, 0) is 59.7 Å². The molecule has 2 aromatic carbocycles. The first-order valence-corrected chi connectivity index (χ1v) is 11.4. The number of hydrogen-bond acceptors (Lipinski definition) is 5. The Balaban J connectivity index is 1.65. The lowest BCUT2D eigenvalue weighted by Crippen LogP contribution is -2.24. The number of rotatable bonds is 6. The van der Waals surface area contributed by atoms with E-state index in [1.807, 2.05) is 0 Å². The van der Waals surface area contributed by atoms with Gasteiger partial charge in [0.25, 0.3) is 11.1 Å². The maximum absolute atomic E-state index is 14.0. The fraction of sp³-hybridized carbons (Fsp3) is 0.0370. The molecule has 0 bridgehead atoms. The predicted molar refractivity (Wildman–Crippen MR) is 138 cm³/mol. The van der Waals surface area contributed by atoms with Gasteiger partial charge in [0, 0.05) is 34.7 Å². The quantitative estimate of drug-likeness (QED) is 0.349. The number of halogens is 2. The van der Waals surface area contributed by atoms with Gasteiger partial charge in [-0.15, -0.1) is 0 Å². The van der Waals surface area contributed by atoms with E-state index in [0.717, 1.165) is 0 Å². The van der Waals surface area contributed by atoms with Gasteiger partial charge < -0.3 is 9.72 Å². The number of pyridine rings is 2. The topological polar surface area (TPSA) is 110 Å². The van der Waals surface area contributed by atoms with Crippen LogP contribution < -0.4 is 21.5 Å². The summed E-state index contributed by atoms with van der Waals surface area (Å²) in [7, 11) is 0. The smallest absolute Gasteiger partial charge is 0.325 e. The lowest BCUT2D eigenvalue weighted by Gasteiger charge is -2.13. The number of nitrogens with one attached hydrogen (secondary N) is 2. The Morgan fingerprint density at radius 3 is 2.57 bits per heavy atom. The monoisotopic (exact) mass is 516 g/mol. The number of benzene rings is 2. The van der Waals surface area contributed by atoms with Crippen molar-refractivity contribution in [3.63, 3.8) is 0 Å². The summed E-state index contributed by atoms with van der Waals surface area (Å²) >= 11 is 6.38. The first-order chi connectivity index (χ1) is 17.9. The van der Waals surface area contributed by atoms with Gasteiger partial charge >= 0.3 is 5.69 Å². The Labute approximate surface area is 213 Å². The molecule has 37 heavy (non-hydrogen) atoms. The van der Waals surface area contributed by atoms with Gasteiger partial charge in [-0.3, -0.25) is 24.1 Å². The molecule has 8 nitrogen and oxygen atoms in total. The molecular weight excluding hydrogens is 499 g/mol. The van der Waals surface area contributed by atoms with Crippen molar-refractivity contribution >= 4 is 11.6 Å². The number of nitrogens with zero attached hydrogens (tertiary/aromatic N) is 2. The third kappa shape index (κ3) is 5.12. The Hall–Kier alpha value is -4.76. The fourth-order valence-corrected chi connectivity index (χ4v) is 4.12. The predicted octanol–water partition coefficient (Wildman–Crippen LogP) is 4.31. The van der Waals surface area contributed by atoms with Crippen LogP contribution in [-0.2, 0) is 6.61 Å². The van der Waals surface area contributed by atoms with Gasteiger partial charge in [-0.2, -0.15) is 0 Å². The summed E-state index contributed by atoms with van der Waals surface area (Å²) < 4.78 is 21.0. The molecule has 0 atom stereocenters. The van der Waals surface area contributed by atoms with Gasteiger partial charge in [0.2, 0.25) is 0 Å². The zero-order valence-electron chi connectivity index (χ0n) is 19.1. The van der Waals surface area contributed by atoms with Crippen molar-refractivity contribution in [1.82, 2.24) is 19.5 Å². The molecule has 3 aromatic heterocycles. The van der Waals surface area contributed by atoms with E-state index in [0.29, 0.717) is 27.4 Å². The molecule has 0 spiro atoms. The van der Waals surface area contributed by atoms with Gasteiger partial charge in [0.05, 0.1) is 17.4 Å². The van der Waals surface area contributed by atoms with Crippen molar-refractivity contribution in [2.75, 3.05) is 0 Å². The van der Waals surface area contributed by atoms with Crippen molar-refractivity contribution in [2.24, 2.45) is 0 Å². The summed E-state index contributed by atoms with van der Waals surface area (Å²) in [6.07, 6.45) is 5.87. The SMILES string of the molecule is O=c1[nH]cc(-c2cc(-c3cc(Cl)cc(COc4ccccc4F)c3)c(=O)n(-c3cccnc3)c2)c(=O)[nH]1. The normalized spacial score (nSPS) is 10.9. The molecule has 0 aliphatic heterocycles. The van der Waals surface area contributed by atoms with Crippen LogP contribution in [0.25, 0.3) is 27.9 Å². The van der Waals surface area contributed by atoms with Crippen LogP contribution >= 0.6 is 11.6 Å². The maximum atomic E-state index is 14.0. The van der Waals surface area contributed by atoms with Gasteiger partial charge in [-0.25, -0.2) is 9.18 Å². The molecule has 2 N–H and O–H groups in total.